The summed E-state index contributed by atoms with van der Waals surface area (Å²) in [5, 5.41) is 12.8. The monoisotopic (exact) mass is 533 g/mol. The molecule has 35 heavy (non-hydrogen) atoms. The number of nitrogens with zero attached hydrogens (tertiary/aromatic N) is 1. The molecule has 0 aliphatic carbocycles. The number of primary amides is 1. The number of hydrogen-bond acceptors (Lipinski definition) is 8. The maximum Gasteiger partial charge on any atom is 0.346 e. The fourth-order valence-corrected chi connectivity index (χ4v) is 5.80. The number of carbonyl (C=O) groups is 3. The first kappa shape index (κ1) is 30.9. The minimum Gasteiger partial charge on any atom is -0.480 e. The van der Waals surface area contributed by atoms with Crippen LogP contribution in [0.1, 0.15) is 32.3 Å². The van der Waals surface area contributed by atoms with E-state index in [0.717, 1.165) is 0 Å². The Labute approximate surface area is 208 Å². The van der Waals surface area contributed by atoms with Crippen molar-refractivity contribution in [2.45, 2.75) is 51.0 Å². The van der Waals surface area contributed by atoms with E-state index in [1.807, 2.05) is 13.8 Å². The highest BCUT2D eigenvalue weighted by Crippen LogP contribution is 2.52. The summed E-state index contributed by atoms with van der Waals surface area (Å²) < 4.78 is 35.1. The molecule has 4 atom stereocenters. The molecule has 0 fully saturated rings. The summed E-state index contributed by atoms with van der Waals surface area (Å²) in [5.41, 5.74) is 6.09. The van der Waals surface area contributed by atoms with Crippen LogP contribution >= 0.6 is 7.60 Å². The standard InChI is InChI=1S/C22H36N3O8PS/c1-15(2)13-17(24-19(11-12-35(5)31)34(30,32-3)33-4)20(26)25(22(23)29)18(21(27)28)14-16-9-7-6-8-10-16/h6-10,15,17-19,24H,11-14H2,1-5H3,(H2,23,29)(H,27,28)/t17-,18-,19?,35?/m0/s1. The van der Waals surface area contributed by atoms with Crippen molar-refractivity contribution in [3.63, 3.8) is 0 Å². The van der Waals surface area contributed by atoms with Crippen LogP contribution in [0.15, 0.2) is 30.3 Å². The number of hydrogen-bond donors (Lipinski definition) is 3. The fraction of sp³-hybridized carbons (Fsp3) is 0.591. The first-order chi connectivity index (χ1) is 16.4. The van der Waals surface area contributed by atoms with Crippen molar-refractivity contribution in [1.82, 2.24) is 10.2 Å². The Kier molecular flexibility index (Phi) is 12.8. The van der Waals surface area contributed by atoms with Crippen LogP contribution < -0.4 is 11.1 Å². The molecule has 13 heteroatoms. The summed E-state index contributed by atoms with van der Waals surface area (Å²) in [6, 6.07) is 4.61. The van der Waals surface area contributed by atoms with Crippen LogP contribution in [0.3, 0.4) is 0 Å². The second-order valence-electron chi connectivity index (χ2n) is 8.43. The van der Waals surface area contributed by atoms with Crippen LogP contribution in [0.2, 0.25) is 0 Å². The molecule has 1 aromatic carbocycles. The van der Waals surface area contributed by atoms with Gasteiger partial charge < -0.3 is 19.9 Å². The molecule has 0 spiro atoms. The lowest BCUT2D eigenvalue weighted by molar-refractivity contribution is -0.148. The van der Waals surface area contributed by atoms with E-state index in [-0.39, 0.29) is 30.9 Å². The molecule has 3 amide bonds. The molecule has 0 bridgehead atoms. The number of carboxylic acids is 1. The van der Waals surface area contributed by atoms with Crippen molar-refractivity contribution < 1.29 is 37.3 Å². The van der Waals surface area contributed by atoms with Gasteiger partial charge in [-0.1, -0.05) is 44.2 Å². The normalized spacial score (nSPS) is 15.3. The molecule has 4 N–H and O–H groups in total. The van der Waals surface area contributed by atoms with Gasteiger partial charge in [0.2, 0.25) is 5.91 Å². The van der Waals surface area contributed by atoms with Crippen LogP contribution in [0.4, 0.5) is 4.79 Å². The Morgan fingerprint density at radius 2 is 1.74 bits per heavy atom. The summed E-state index contributed by atoms with van der Waals surface area (Å²) in [4.78, 5) is 38.6. The maximum atomic E-state index is 13.6. The Bertz CT molecular complexity index is 923. The van der Waals surface area contributed by atoms with Crippen molar-refractivity contribution in [3.05, 3.63) is 35.9 Å². The van der Waals surface area contributed by atoms with Crippen molar-refractivity contribution in [2.24, 2.45) is 11.7 Å². The number of carbonyl (C=O) groups excluding carboxylic acids is 2. The van der Waals surface area contributed by atoms with E-state index in [0.29, 0.717) is 10.5 Å². The zero-order valence-electron chi connectivity index (χ0n) is 20.7. The van der Waals surface area contributed by atoms with E-state index >= 15 is 0 Å². The van der Waals surface area contributed by atoms with Crippen molar-refractivity contribution >= 4 is 36.3 Å². The molecule has 198 valence electrons. The molecule has 11 nitrogen and oxygen atoms in total. The van der Waals surface area contributed by atoms with E-state index in [4.69, 9.17) is 14.8 Å². The van der Waals surface area contributed by atoms with Crippen LogP contribution in [-0.2, 0) is 40.4 Å². The number of nitrogens with one attached hydrogen (secondary N) is 1. The number of aliphatic carboxylic acids is 1. The highest BCUT2D eigenvalue weighted by Gasteiger charge is 2.41. The number of imide groups is 1. The van der Waals surface area contributed by atoms with Crippen molar-refractivity contribution in [1.29, 1.82) is 0 Å². The van der Waals surface area contributed by atoms with Gasteiger partial charge in [0, 0.05) is 43.4 Å². The lowest BCUT2D eigenvalue weighted by Gasteiger charge is -2.33. The number of urea groups is 1. The van der Waals surface area contributed by atoms with Crippen LogP contribution in [0, 0.1) is 5.92 Å². The number of nitrogens with two attached hydrogens (primary N) is 1. The number of benzene rings is 1. The number of carboxylic acid groups (broad SMARTS) is 1. The number of amides is 3. The Balaban J connectivity index is 3.40. The third-order valence-electron chi connectivity index (χ3n) is 5.31. The highest BCUT2D eigenvalue weighted by atomic mass is 32.2. The average Bonchev–Trinajstić information content (AvgIpc) is 2.79. The van der Waals surface area contributed by atoms with Crippen LogP contribution in [0.5, 0.6) is 0 Å². The third-order valence-corrected chi connectivity index (χ3v) is 8.31. The lowest BCUT2D eigenvalue weighted by Crippen LogP contribution is -2.59. The third kappa shape index (κ3) is 9.46. The van der Waals surface area contributed by atoms with Gasteiger partial charge in [0.05, 0.1) is 6.04 Å². The van der Waals surface area contributed by atoms with Gasteiger partial charge >= 0.3 is 19.6 Å². The van der Waals surface area contributed by atoms with Crippen molar-refractivity contribution in [2.75, 3.05) is 26.2 Å². The molecule has 0 heterocycles. The summed E-state index contributed by atoms with van der Waals surface area (Å²) in [6.07, 6.45) is 1.58. The molecule has 0 radical (unpaired) electrons. The first-order valence-corrected chi connectivity index (χ1v) is 14.4. The fourth-order valence-electron chi connectivity index (χ4n) is 3.59. The van der Waals surface area contributed by atoms with Gasteiger partial charge in [0.25, 0.3) is 0 Å². The molecular weight excluding hydrogens is 497 g/mol. The molecular formula is C22H36N3O8PS. The predicted octanol–water partition coefficient (Wildman–Crippen LogP) is 2.17. The maximum absolute atomic E-state index is 13.6. The molecule has 1 aromatic rings. The molecule has 2 unspecified atom stereocenters. The molecule has 1 rings (SSSR count). The van der Waals surface area contributed by atoms with E-state index in [1.54, 1.807) is 30.3 Å². The summed E-state index contributed by atoms with van der Waals surface area (Å²) in [5.74, 6) is -3.25. The molecule has 0 saturated heterocycles. The predicted molar refractivity (Wildman–Crippen MR) is 133 cm³/mol. The second-order valence-corrected chi connectivity index (χ2v) is 12.4. The average molecular weight is 534 g/mol. The summed E-state index contributed by atoms with van der Waals surface area (Å²) in [6.45, 7) is 3.66. The largest absolute Gasteiger partial charge is 0.480 e. The highest BCUT2D eigenvalue weighted by molar-refractivity contribution is 7.84. The Hall–Kier alpha value is -2.11. The Morgan fingerprint density at radius 3 is 2.17 bits per heavy atom. The van der Waals surface area contributed by atoms with Crippen LogP contribution in [-0.4, -0.2) is 76.2 Å². The van der Waals surface area contributed by atoms with Gasteiger partial charge in [-0.15, -0.1) is 0 Å². The smallest absolute Gasteiger partial charge is 0.346 e. The van der Waals surface area contributed by atoms with Gasteiger partial charge in [0.15, 0.2) is 0 Å². The minimum absolute atomic E-state index is 0.0750. The van der Waals surface area contributed by atoms with Crippen LogP contribution in [0.25, 0.3) is 0 Å². The van der Waals surface area contributed by atoms with Gasteiger partial charge in [-0.05, 0) is 24.3 Å². The zero-order chi connectivity index (χ0) is 26.8. The van der Waals surface area contributed by atoms with E-state index < -0.39 is 54.2 Å². The molecule has 0 aromatic heterocycles. The van der Waals surface area contributed by atoms with Gasteiger partial charge in [0.1, 0.15) is 11.8 Å². The minimum atomic E-state index is -3.78. The summed E-state index contributed by atoms with van der Waals surface area (Å²) in [7, 11) is -2.63. The number of rotatable bonds is 15. The SMILES string of the molecule is COP(=O)(OC)C(CCS(C)=O)N[C@@H](CC(C)C)C(=O)N(C(N)=O)[C@@H](Cc1ccccc1)C(=O)O. The Morgan fingerprint density at radius 1 is 1.17 bits per heavy atom. The van der Waals surface area contributed by atoms with Gasteiger partial charge in [-0.2, -0.15) is 0 Å². The lowest BCUT2D eigenvalue weighted by atomic mass is 10.00. The zero-order valence-corrected chi connectivity index (χ0v) is 22.4. The van der Waals surface area contributed by atoms with E-state index in [1.165, 1.54) is 20.5 Å². The molecule has 0 aliphatic rings. The second kappa shape index (κ2) is 14.4. The first-order valence-electron chi connectivity index (χ1n) is 11.0. The van der Waals surface area contributed by atoms with E-state index in [2.05, 4.69) is 5.32 Å². The van der Waals surface area contributed by atoms with Crippen molar-refractivity contribution in [3.8, 4) is 0 Å². The molecule has 0 aliphatic heterocycles. The summed E-state index contributed by atoms with van der Waals surface area (Å²) >= 11 is 0. The van der Waals surface area contributed by atoms with Gasteiger partial charge in [-0.3, -0.25) is 18.9 Å². The van der Waals surface area contributed by atoms with E-state index in [9.17, 15) is 28.3 Å². The quantitative estimate of drug-likeness (QED) is 0.286. The molecule has 0 saturated carbocycles. The van der Waals surface area contributed by atoms with Gasteiger partial charge in [-0.25, -0.2) is 14.5 Å². The topological polar surface area (TPSA) is 165 Å².